The van der Waals surface area contributed by atoms with Gasteiger partial charge in [0.1, 0.15) is 5.82 Å². The molecule has 2 aromatic rings. The Morgan fingerprint density at radius 3 is 2.71 bits per heavy atom. The SMILES string of the molecule is COC1CCN(S(=O)(=O)NCc2nc(-c3ccncc3)n[nH]2)CC1. The molecule has 0 saturated carbocycles. The van der Waals surface area contributed by atoms with Crippen LogP contribution in [-0.4, -0.2) is 59.2 Å². The van der Waals surface area contributed by atoms with Crippen LogP contribution in [0.5, 0.6) is 0 Å². The van der Waals surface area contributed by atoms with Crippen molar-refractivity contribution < 1.29 is 13.2 Å². The van der Waals surface area contributed by atoms with Crippen molar-refractivity contribution >= 4 is 10.2 Å². The van der Waals surface area contributed by atoms with Gasteiger partial charge in [-0.15, -0.1) is 0 Å². The third-order valence-corrected chi connectivity index (χ3v) is 5.52. The van der Waals surface area contributed by atoms with Gasteiger partial charge >= 0.3 is 0 Å². The summed E-state index contributed by atoms with van der Waals surface area (Å²) in [5.74, 6) is 0.963. The van der Waals surface area contributed by atoms with Crippen LogP contribution in [0.15, 0.2) is 24.5 Å². The quantitative estimate of drug-likeness (QED) is 0.774. The van der Waals surface area contributed by atoms with Crippen molar-refractivity contribution in [2.24, 2.45) is 0 Å². The topological polar surface area (TPSA) is 113 Å². The van der Waals surface area contributed by atoms with Crippen LogP contribution in [0.3, 0.4) is 0 Å². The number of rotatable bonds is 6. The molecule has 9 nitrogen and oxygen atoms in total. The molecule has 0 aromatic carbocycles. The number of pyridine rings is 1. The summed E-state index contributed by atoms with van der Waals surface area (Å²) in [5, 5.41) is 6.84. The highest BCUT2D eigenvalue weighted by atomic mass is 32.2. The number of methoxy groups -OCH3 is 1. The van der Waals surface area contributed by atoms with Gasteiger partial charge < -0.3 is 4.74 Å². The molecule has 1 fully saturated rings. The minimum atomic E-state index is -3.54. The van der Waals surface area contributed by atoms with E-state index in [1.54, 1.807) is 31.6 Å². The molecule has 10 heteroatoms. The third kappa shape index (κ3) is 3.96. The molecule has 1 aliphatic rings. The van der Waals surface area contributed by atoms with Crippen molar-refractivity contribution in [2.75, 3.05) is 20.2 Å². The second-order valence-corrected chi connectivity index (χ2v) is 7.26. The second-order valence-electron chi connectivity index (χ2n) is 5.50. The number of hydrogen-bond donors (Lipinski definition) is 2. The Kier molecular flexibility index (Phi) is 5.19. The molecule has 0 aliphatic carbocycles. The van der Waals surface area contributed by atoms with Crippen LogP contribution in [0.4, 0.5) is 0 Å². The monoisotopic (exact) mass is 352 g/mol. The first-order valence-corrected chi connectivity index (χ1v) is 9.11. The maximum absolute atomic E-state index is 12.3. The molecular weight excluding hydrogens is 332 g/mol. The number of nitrogens with one attached hydrogen (secondary N) is 2. The van der Waals surface area contributed by atoms with E-state index in [9.17, 15) is 8.42 Å². The second kappa shape index (κ2) is 7.34. The molecular formula is C14H20N6O3S. The van der Waals surface area contributed by atoms with Crippen LogP contribution < -0.4 is 4.72 Å². The predicted molar refractivity (Wildman–Crippen MR) is 87.0 cm³/mol. The van der Waals surface area contributed by atoms with Crippen LogP contribution >= 0.6 is 0 Å². The molecule has 1 saturated heterocycles. The molecule has 2 N–H and O–H groups in total. The lowest BCUT2D eigenvalue weighted by molar-refractivity contribution is 0.0602. The Morgan fingerprint density at radius 2 is 2.04 bits per heavy atom. The predicted octanol–water partition coefficient (Wildman–Crippen LogP) is 0.312. The molecule has 24 heavy (non-hydrogen) atoms. The lowest BCUT2D eigenvalue weighted by Gasteiger charge is -2.30. The fourth-order valence-corrected chi connectivity index (χ4v) is 3.76. The number of ether oxygens (including phenoxy) is 1. The lowest BCUT2D eigenvalue weighted by Crippen LogP contribution is -2.46. The van der Waals surface area contributed by atoms with E-state index in [0.717, 1.165) is 5.56 Å². The Labute approximate surface area is 140 Å². The first kappa shape index (κ1) is 17.0. The van der Waals surface area contributed by atoms with Crippen molar-refractivity contribution in [3.05, 3.63) is 30.4 Å². The summed E-state index contributed by atoms with van der Waals surface area (Å²) in [6.45, 7) is 0.962. The van der Waals surface area contributed by atoms with E-state index in [2.05, 4.69) is 24.9 Å². The van der Waals surface area contributed by atoms with Crippen LogP contribution in [-0.2, 0) is 21.5 Å². The van der Waals surface area contributed by atoms with Gasteiger partial charge in [0.25, 0.3) is 10.2 Å². The van der Waals surface area contributed by atoms with E-state index < -0.39 is 10.2 Å². The summed E-state index contributed by atoms with van der Waals surface area (Å²) in [7, 11) is -1.89. The number of nitrogens with zero attached hydrogens (tertiary/aromatic N) is 4. The third-order valence-electron chi connectivity index (χ3n) is 3.97. The summed E-state index contributed by atoms with van der Waals surface area (Å²) in [6.07, 6.45) is 4.83. The molecule has 1 aliphatic heterocycles. The van der Waals surface area contributed by atoms with Crippen molar-refractivity contribution in [3.63, 3.8) is 0 Å². The maximum Gasteiger partial charge on any atom is 0.279 e. The van der Waals surface area contributed by atoms with Crippen molar-refractivity contribution in [1.82, 2.24) is 29.2 Å². The first-order chi connectivity index (χ1) is 11.6. The van der Waals surface area contributed by atoms with E-state index in [1.807, 2.05) is 0 Å². The molecule has 0 atom stereocenters. The summed E-state index contributed by atoms with van der Waals surface area (Å²) in [5.41, 5.74) is 0.817. The van der Waals surface area contributed by atoms with Crippen LogP contribution in [0.25, 0.3) is 11.4 Å². The molecule has 2 aromatic heterocycles. The van der Waals surface area contributed by atoms with Gasteiger partial charge in [0.05, 0.1) is 12.6 Å². The number of hydrogen-bond acceptors (Lipinski definition) is 6. The summed E-state index contributed by atoms with van der Waals surface area (Å²) >= 11 is 0. The molecule has 3 heterocycles. The van der Waals surface area contributed by atoms with Gasteiger partial charge in [-0.25, -0.2) is 4.98 Å². The Bertz CT molecular complexity index is 756. The average Bonchev–Trinajstić information content (AvgIpc) is 3.10. The fourth-order valence-electron chi connectivity index (χ4n) is 2.56. The number of H-pyrrole nitrogens is 1. The van der Waals surface area contributed by atoms with E-state index in [1.165, 1.54) is 4.31 Å². The molecule has 0 radical (unpaired) electrons. The number of aromatic nitrogens is 4. The van der Waals surface area contributed by atoms with E-state index >= 15 is 0 Å². The summed E-state index contributed by atoms with van der Waals surface area (Å²) < 4.78 is 33.9. The van der Waals surface area contributed by atoms with Gasteiger partial charge in [0.2, 0.25) is 0 Å². The molecule has 3 rings (SSSR count). The van der Waals surface area contributed by atoms with Crippen molar-refractivity contribution in [1.29, 1.82) is 0 Å². The van der Waals surface area contributed by atoms with Gasteiger partial charge in [-0.2, -0.15) is 22.5 Å². The summed E-state index contributed by atoms with van der Waals surface area (Å²) in [4.78, 5) is 8.23. The van der Waals surface area contributed by atoms with Gasteiger partial charge in [0.15, 0.2) is 5.82 Å². The smallest absolute Gasteiger partial charge is 0.279 e. The highest BCUT2D eigenvalue weighted by Crippen LogP contribution is 2.16. The highest BCUT2D eigenvalue weighted by molar-refractivity contribution is 7.87. The van der Waals surface area contributed by atoms with Crippen LogP contribution in [0.1, 0.15) is 18.7 Å². The average molecular weight is 352 g/mol. The minimum absolute atomic E-state index is 0.0601. The van der Waals surface area contributed by atoms with Crippen LogP contribution in [0, 0.1) is 0 Å². The Hall–Kier alpha value is -1.88. The molecule has 130 valence electrons. The molecule has 0 amide bonds. The standard InChI is InChI=1S/C14H20N6O3S/c1-23-12-4-8-20(9-5-12)24(21,22)16-10-13-17-14(19-18-13)11-2-6-15-7-3-11/h2-3,6-7,12,16H,4-5,8-10H2,1H3,(H,17,18,19). The first-order valence-electron chi connectivity index (χ1n) is 7.67. The molecule has 0 spiro atoms. The van der Waals surface area contributed by atoms with E-state index in [0.29, 0.717) is 37.6 Å². The molecule has 0 unspecified atom stereocenters. The minimum Gasteiger partial charge on any atom is -0.381 e. The largest absolute Gasteiger partial charge is 0.381 e. The molecule has 0 bridgehead atoms. The lowest BCUT2D eigenvalue weighted by atomic mass is 10.1. The van der Waals surface area contributed by atoms with Gasteiger partial charge in [-0.1, -0.05) is 0 Å². The number of aromatic amines is 1. The fraction of sp³-hybridized carbons (Fsp3) is 0.500. The Balaban J connectivity index is 1.58. The van der Waals surface area contributed by atoms with Gasteiger partial charge in [-0.05, 0) is 25.0 Å². The van der Waals surface area contributed by atoms with E-state index in [-0.39, 0.29) is 12.6 Å². The highest BCUT2D eigenvalue weighted by Gasteiger charge is 2.27. The summed E-state index contributed by atoms with van der Waals surface area (Å²) in [6, 6.07) is 3.58. The van der Waals surface area contributed by atoms with Crippen molar-refractivity contribution in [2.45, 2.75) is 25.5 Å². The van der Waals surface area contributed by atoms with Crippen molar-refractivity contribution in [3.8, 4) is 11.4 Å². The zero-order valence-corrected chi connectivity index (χ0v) is 14.2. The van der Waals surface area contributed by atoms with Gasteiger partial charge in [0, 0.05) is 38.2 Å². The normalized spacial score (nSPS) is 17.2. The zero-order valence-electron chi connectivity index (χ0n) is 13.3. The Morgan fingerprint density at radius 1 is 1.33 bits per heavy atom. The van der Waals surface area contributed by atoms with Crippen LogP contribution in [0.2, 0.25) is 0 Å². The van der Waals surface area contributed by atoms with E-state index in [4.69, 9.17) is 4.74 Å². The maximum atomic E-state index is 12.3. The zero-order chi connectivity index (χ0) is 17.0. The number of piperidine rings is 1. The van der Waals surface area contributed by atoms with Gasteiger partial charge in [-0.3, -0.25) is 10.1 Å².